The maximum Gasteiger partial charge on any atom is 0.337 e. The van der Waals surface area contributed by atoms with E-state index in [1.54, 1.807) is 34.6 Å². The van der Waals surface area contributed by atoms with Crippen molar-refractivity contribution in [2.75, 3.05) is 0 Å². The molecule has 2 unspecified atom stereocenters. The number of carbonyl (C=O) groups is 2. The van der Waals surface area contributed by atoms with Crippen LogP contribution in [0, 0.1) is 5.92 Å². The first-order valence-corrected chi connectivity index (χ1v) is 7.89. The number of aliphatic carboxylic acids is 1. The zero-order valence-corrected chi connectivity index (χ0v) is 14.7. The van der Waals surface area contributed by atoms with E-state index in [1.807, 2.05) is 30.3 Å². The molecule has 5 nitrogen and oxygen atoms in total. The number of carboxylic acid groups (broad SMARTS) is 1. The fraction of sp³-hybridized carbons (Fsp3) is 0.421. The molecule has 0 fully saturated rings. The number of ether oxygens (including phenoxy) is 1. The van der Waals surface area contributed by atoms with Gasteiger partial charge in [-0.2, -0.15) is 0 Å². The third-order valence-corrected chi connectivity index (χ3v) is 3.87. The summed E-state index contributed by atoms with van der Waals surface area (Å²) in [6, 6.07) is 9.18. The molecule has 0 amide bonds. The van der Waals surface area contributed by atoms with E-state index in [4.69, 9.17) is 4.74 Å². The summed E-state index contributed by atoms with van der Waals surface area (Å²) < 4.78 is 5.50. The molecular weight excluding hydrogens is 306 g/mol. The van der Waals surface area contributed by atoms with Crippen molar-refractivity contribution in [3.05, 3.63) is 47.2 Å². The van der Waals surface area contributed by atoms with Gasteiger partial charge in [0.25, 0.3) is 0 Å². The predicted octanol–water partition coefficient (Wildman–Crippen LogP) is 3.56. The minimum atomic E-state index is -1.00. The molecule has 0 aliphatic carbocycles. The van der Waals surface area contributed by atoms with E-state index in [0.29, 0.717) is 17.0 Å². The summed E-state index contributed by atoms with van der Waals surface area (Å²) in [6.07, 6.45) is 0. The Kier molecular flexibility index (Phi) is 4.92. The molecule has 0 radical (unpaired) electrons. The SMILES string of the molecule is CC1=NC(C)=C(C(=O)OC(C)(C)C)C(c2ccccc2)C1C(=O)O. The predicted molar refractivity (Wildman–Crippen MR) is 92.0 cm³/mol. The zero-order valence-electron chi connectivity index (χ0n) is 14.7. The molecule has 0 spiro atoms. The first-order chi connectivity index (χ1) is 11.1. The Morgan fingerprint density at radius 1 is 1.12 bits per heavy atom. The highest BCUT2D eigenvalue weighted by atomic mass is 16.6. The third kappa shape index (κ3) is 3.72. The average molecular weight is 329 g/mol. The lowest BCUT2D eigenvalue weighted by molar-refractivity contribution is -0.150. The van der Waals surface area contributed by atoms with Gasteiger partial charge in [0.2, 0.25) is 0 Å². The second-order valence-corrected chi connectivity index (χ2v) is 6.96. The van der Waals surface area contributed by atoms with Crippen LogP contribution in [0.1, 0.15) is 46.1 Å². The molecule has 0 saturated heterocycles. The van der Waals surface area contributed by atoms with Crippen molar-refractivity contribution in [1.29, 1.82) is 0 Å². The molecule has 0 aromatic heterocycles. The summed E-state index contributed by atoms with van der Waals surface area (Å²) in [4.78, 5) is 28.9. The average Bonchev–Trinajstić information content (AvgIpc) is 2.44. The summed E-state index contributed by atoms with van der Waals surface area (Å²) >= 11 is 0. The molecule has 5 heteroatoms. The smallest absolute Gasteiger partial charge is 0.337 e. The first-order valence-electron chi connectivity index (χ1n) is 7.89. The van der Waals surface area contributed by atoms with Gasteiger partial charge in [-0.15, -0.1) is 0 Å². The number of carboxylic acids is 1. The van der Waals surface area contributed by atoms with E-state index in [2.05, 4.69) is 4.99 Å². The number of aliphatic imine (C=N–C) groups is 1. The van der Waals surface area contributed by atoms with E-state index in [1.165, 1.54) is 0 Å². The fourth-order valence-electron chi connectivity index (χ4n) is 2.98. The van der Waals surface area contributed by atoms with Gasteiger partial charge >= 0.3 is 11.9 Å². The van der Waals surface area contributed by atoms with Gasteiger partial charge in [0.15, 0.2) is 0 Å². The van der Waals surface area contributed by atoms with E-state index >= 15 is 0 Å². The second-order valence-electron chi connectivity index (χ2n) is 6.96. The van der Waals surface area contributed by atoms with Gasteiger partial charge in [0, 0.05) is 17.3 Å². The van der Waals surface area contributed by atoms with Crippen molar-refractivity contribution in [1.82, 2.24) is 0 Å². The number of benzene rings is 1. The molecule has 1 aromatic rings. The molecule has 0 saturated carbocycles. The third-order valence-electron chi connectivity index (χ3n) is 3.87. The minimum Gasteiger partial charge on any atom is -0.481 e. The number of rotatable bonds is 3. The second kappa shape index (κ2) is 6.59. The molecule has 1 aromatic carbocycles. The standard InChI is InChI=1S/C19H23NO4/c1-11-14(17(21)22)16(13-9-7-6-8-10-13)15(12(2)20-11)18(23)24-19(3,4)5/h6-10,14,16H,1-5H3,(H,21,22). The number of carbonyl (C=O) groups excluding carboxylic acids is 1. The van der Waals surface area contributed by atoms with Crippen LogP contribution >= 0.6 is 0 Å². The normalized spacial score (nSPS) is 21.3. The molecule has 1 heterocycles. The zero-order chi connectivity index (χ0) is 18.1. The molecule has 24 heavy (non-hydrogen) atoms. The molecule has 2 atom stereocenters. The van der Waals surface area contributed by atoms with Crippen LogP contribution in [0.25, 0.3) is 0 Å². The molecule has 128 valence electrons. The lowest BCUT2D eigenvalue weighted by Gasteiger charge is -2.32. The van der Waals surface area contributed by atoms with Gasteiger partial charge in [-0.25, -0.2) is 4.79 Å². The van der Waals surface area contributed by atoms with Crippen LogP contribution < -0.4 is 0 Å². The summed E-state index contributed by atoms with van der Waals surface area (Å²) in [5.41, 5.74) is 1.41. The molecule has 1 N–H and O–H groups in total. The summed E-state index contributed by atoms with van der Waals surface area (Å²) in [5, 5.41) is 9.70. The van der Waals surface area contributed by atoms with Crippen molar-refractivity contribution < 1.29 is 19.4 Å². The van der Waals surface area contributed by atoms with Gasteiger partial charge in [0.05, 0.1) is 5.57 Å². The molecule has 2 rings (SSSR count). The molecule has 1 aliphatic rings. The lowest BCUT2D eigenvalue weighted by Crippen LogP contribution is -2.37. The summed E-state index contributed by atoms with van der Waals surface area (Å²) in [7, 11) is 0. The van der Waals surface area contributed by atoms with E-state index in [0.717, 1.165) is 5.56 Å². The fourth-order valence-corrected chi connectivity index (χ4v) is 2.98. The van der Waals surface area contributed by atoms with Crippen LogP contribution in [0.15, 0.2) is 46.6 Å². The topological polar surface area (TPSA) is 76.0 Å². The van der Waals surface area contributed by atoms with Crippen molar-refractivity contribution >= 4 is 17.7 Å². The number of esters is 1. The quantitative estimate of drug-likeness (QED) is 0.860. The van der Waals surface area contributed by atoms with Gasteiger partial charge in [-0.05, 0) is 40.2 Å². The van der Waals surface area contributed by atoms with Crippen molar-refractivity contribution in [2.24, 2.45) is 10.9 Å². The summed E-state index contributed by atoms with van der Waals surface area (Å²) in [6.45, 7) is 8.75. The lowest BCUT2D eigenvalue weighted by atomic mass is 9.75. The van der Waals surface area contributed by atoms with Gasteiger partial charge in [0.1, 0.15) is 11.5 Å². The Morgan fingerprint density at radius 3 is 2.21 bits per heavy atom. The Labute approximate surface area is 142 Å². The maximum absolute atomic E-state index is 12.7. The van der Waals surface area contributed by atoms with Gasteiger partial charge in [-0.1, -0.05) is 30.3 Å². The number of allylic oxidation sites excluding steroid dienone is 1. The highest BCUT2D eigenvalue weighted by Crippen LogP contribution is 2.40. The maximum atomic E-state index is 12.7. The van der Waals surface area contributed by atoms with E-state index in [-0.39, 0.29) is 0 Å². The number of hydrogen-bond donors (Lipinski definition) is 1. The Bertz CT molecular complexity index is 711. The van der Waals surface area contributed by atoms with Crippen molar-refractivity contribution in [3.63, 3.8) is 0 Å². The largest absolute Gasteiger partial charge is 0.481 e. The van der Waals surface area contributed by atoms with Crippen molar-refractivity contribution in [3.8, 4) is 0 Å². The highest BCUT2D eigenvalue weighted by Gasteiger charge is 2.42. The molecular formula is C19H23NO4. The van der Waals surface area contributed by atoms with Crippen LogP contribution in [0.4, 0.5) is 0 Å². The molecule has 0 bridgehead atoms. The summed E-state index contributed by atoms with van der Waals surface area (Å²) in [5.74, 6) is -3.02. The van der Waals surface area contributed by atoms with Crippen LogP contribution in [0.2, 0.25) is 0 Å². The van der Waals surface area contributed by atoms with Crippen LogP contribution in [-0.4, -0.2) is 28.4 Å². The van der Waals surface area contributed by atoms with Crippen LogP contribution in [-0.2, 0) is 14.3 Å². The highest BCUT2D eigenvalue weighted by molar-refractivity contribution is 6.06. The van der Waals surface area contributed by atoms with Gasteiger partial charge in [-0.3, -0.25) is 9.79 Å². The Balaban J connectivity index is 2.59. The number of hydrogen-bond acceptors (Lipinski definition) is 4. The van der Waals surface area contributed by atoms with E-state index in [9.17, 15) is 14.7 Å². The minimum absolute atomic E-state index is 0.314. The number of nitrogens with zero attached hydrogens (tertiary/aromatic N) is 1. The van der Waals surface area contributed by atoms with E-state index < -0.39 is 29.4 Å². The van der Waals surface area contributed by atoms with Crippen LogP contribution in [0.3, 0.4) is 0 Å². The van der Waals surface area contributed by atoms with Crippen molar-refractivity contribution in [2.45, 2.75) is 46.1 Å². The van der Waals surface area contributed by atoms with Crippen LogP contribution in [0.5, 0.6) is 0 Å². The Morgan fingerprint density at radius 2 is 1.71 bits per heavy atom. The molecule has 1 aliphatic heterocycles. The van der Waals surface area contributed by atoms with Gasteiger partial charge < -0.3 is 9.84 Å². The first kappa shape index (κ1) is 17.9. The monoisotopic (exact) mass is 329 g/mol. The Hall–Kier alpha value is -2.43.